The minimum absolute atomic E-state index is 0.352. The van der Waals surface area contributed by atoms with Gasteiger partial charge in [0.1, 0.15) is 0 Å². The van der Waals surface area contributed by atoms with Crippen LogP contribution in [0.2, 0.25) is 0 Å². The average molecular weight is 180 g/mol. The van der Waals surface area contributed by atoms with Crippen molar-refractivity contribution in [3.63, 3.8) is 0 Å². The highest BCUT2D eigenvalue weighted by Gasteiger charge is 2.36. The first kappa shape index (κ1) is 8.14. The number of thioether (sulfide) groups is 1. The Balaban J connectivity index is 1.89. The third kappa shape index (κ3) is 1.82. The first-order chi connectivity index (χ1) is 5.90. The molecule has 0 radical (unpaired) electrons. The van der Waals surface area contributed by atoms with E-state index in [0.29, 0.717) is 17.8 Å². The van der Waals surface area contributed by atoms with Crippen molar-refractivity contribution in [2.45, 2.75) is 16.6 Å². The van der Waals surface area contributed by atoms with E-state index >= 15 is 0 Å². The standard InChI is InChI=1S/C10H12OS/c11-7-8-6-10(8)12-9-4-2-1-3-5-9/h1-5,8,10-11H,6-7H2. The fraction of sp³-hybridized carbons (Fsp3) is 0.400. The first-order valence-corrected chi connectivity index (χ1v) is 5.10. The van der Waals surface area contributed by atoms with Gasteiger partial charge in [-0.15, -0.1) is 11.8 Å². The van der Waals surface area contributed by atoms with E-state index in [1.165, 1.54) is 11.3 Å². The summed E-state index contributed by atoms with van der Waals surface area (Å²) in [5, 5.41) is 9.51. The SMILES string of the molecule is OCC1CC1Sc1ccccc1. The Kier molecular flexibility index (Phi) is 2.38. The van der Waals surface area contributed by atoms with E-state index in [1.54, 1.807) is 0 Å². The second-order valence-corrected chi connectivity index (χ2v) is 4.46. The number of hydrogen-bond acceptors (Lipinski definition) is 2. The molecule has 1 aliphatic carbocycles. The van der Waals surface area contributed by atoms with Gasteiger partial charge >= 0.3 is 0 Å². The van der Waals surface area contributed by atoms with Crippen LogP contribution in [0.5, 0.6) is 0 Å². The van der Waals surface area contributed by atoms with Crippen LogP contribution in [0.4, 0.5) is 0 Å². The molecule has 2 rings (SSSR count). The molecule has 0 saturated heterocycles. The first-order valence-electron chi connectivity index (χ1n) is 4.22. The molecule has 0 amide bonds. The van der Waals surface area contributed by atoms with Crippen molar-refractivity contribution in [3.8, 4) is 0 Å². The normalized spacial score (nSPS) is 27.1. The van der Waals surface area contributed by atoms with Crippen molar-refractivity contribution >= 4 is 11.8 Å². The molecule has 1 N–H and O–H groups in total. The van der Waals surface area contributed by atoms with Gasteiger partial charge in [0.2, 0.25) is 0 Å². The van der Waals surface area contributed by atoms with Crippen LogP contribution >= 0.6 is 11.8 Å². The number of benzene rings is 1. The Morgan fingerprint density at radius 2 is 2.08 bits per heavy atom. The van der Waals surface area contributed by atoms with Gasteiger partial charge in [-0.25, -0.2) is 0 Å². The largest absolute Gasteiger partial charge is 0.396 e. The Morgan fingerprint density at radius 3 is 2.67 bits per heavy atom. The number of hydrogen-bond donors (Lipinski definition) is 1. The van der Waals surface area contributed by atoms with E-state index in [4.69, 9.17) is 5.11 Å². The lowest BCUT2D eigenvalue weighted by molar-refractivity contribution is 0.277. The molecule has 2 atom stereocenters. The van der Waals surface area contributed by atoms with Crippen LogP contribution in [0.25, 0.3) is 0 Å². The van der Waals surface area contributed by atoms with Crippen LogP contribution in [0.3, 0.4) is 0 Å². The lowest BCUT2D eigenvalue weighted by Gasteiger charge is -1.97. The molecule has 0 heterocycles. The molecule has 2 unspecified atom stereocenters. The topological polar surface area (TPSA) is 20.2 Å². The smallest absolute Gasteiger partial charge is 0.0470 e. The summed E-state index contributed by atoms with van der Waals surface area (Å²) in [7, 11) is 0. The zero-order chi connectivity index (χ0) is 8.39. The maximum Gasteiger partial charge on any atom is 0.0470 e. The highest BCUT2D eigenvalue weighted by Crippen LogP contribution is 2.44. The molecule has 2 heteroatoms. The molecule has 1 aromatic rings. The quantitative estimate of drug-likeness (QED) is 0.769. The Bertz CT molecular complexity index is 247. The van der Waals surface area contributed by atoms with Crippen LogP contribution in [0, 0.1) is 5.92 Å². The fourth-order valence-corrected chi connectivity index (χ4v) is 2.52. The lowest BCUT2D eigenvalue weighted by Crippen LogP contribution is -1.88. The summed E-state index contributed by atoms with van der Waals surface area (Å²) in [5.41, 5.74) is 0. The second kappa shape index (κ2) is 3.50. The molecule has 64 valence electrons. The Morgan fingerprint density at radius 1 is 1.33 bits per heavy atom. The van der Waals surface area contributed by atoms with Crippen molar-refractivity contribution in [1.29, 1.82) is 0 Å². The van der Waals surface area contributed by atoms with Crippen molar-refractivity contribution in [1.82, 2.24) is 0 Å². The van der Waals surface area contributed by atoms with Crippen molar-refractivity contribution in [2.75, 3.05) is 6.61 Å². The van der Waals surface area contributed by atoms with E-state index in [1.807, 2.05) is 17.8 Å². The van der Waals surface area contributed by atoms with Crippen LogP contribution in [0.15, 0.2) is 35.2 Å². The van der Waals surface area contributed by atoms with E-state index in [0.717, 1.165) is 0 Å². The molecule has 0 aromatic heterocycles. The average Bonchev–Trinajstić information content (AvgIpc) is 2.85. The highest BCUT2D eigenvalue weighted by atomic mass is 32.2. The summed E-state index contributed by atoms with van der Waals surface area (Å²) in [6.45, 7) is 0.352. The minimum Gasteiger partial charge on any atom is -0.396 e. The van der Waals surface area contributed by atoms with E-state index in [9.17, 15) is 0 Å². The highest BCUT2D eigenvalue weighted by molar-refractivity contribution is 8.00. The summed E-state index contributed by atoms with van der Waals surface area (Å²) >= 11 is 1.88. The summed E-state index contributed by atoms with van der Waals surface area (Å²) in [5.74, 6) is 0.551. The molecule has 0 aliphatic heterocycles. The number of aliphatic hydroxyl groups excluding tert-OH is 1. The maximum atomic E-state index is 8.84. The summed E-state index contributed by atoms with van der Waals surface area (Å²) in [6, 6.07) is 10.4. The van der Waals surface area contributed by atoms with Gasteiger partial charge in [0.25, 0.3) is 0 Å². The number of rotatable bonds is 3. The molecule has 1 nitrogen and oxygen atoms in total. The molecular weight excluding hydrogens is 168 g/mol. The molecule has 1 aliphatic rings. The van der Waals surface area contributed by atoms with Gasteiger partial charge in [-0.1, -0.05) is 18.2 Å². The van der Waals surface area contributed by atoms with E-state index < -0.39 is 0 Å². The Labute approximate surface area is 76.8 Å². The van der Waals surface area contributed by atoms with Crippen LogP contribution in [-0.2, 0) is 0 Å². The third-order valence-corrected chi connectivity index (χ3v) is 3.55. The summed E-state index contributed by atoms with van der Waals surface area (Å²) < 4.78 is 0. The van der Waals surface area contributed by atoms with Gasteiger partial charge in [0.15, 0.2) is 0 Å². The molecular formula is C10H12OS. The monoisotopic (exact) mass is 180 g/mol. The van der Waals surface area contributed by atoms with Crippen LogP contribution in [0.1, 0.15) is 6.42 Å². The van der Waals surface area contributed by atoms with Crippen LogP contribution in [-0.4, -0.2) is 17.0 Å². The van der Waals surface area contributed by atoms with Crippen LogP contribution < -0.4 is 0 Å². The van der Waals surface area contributed by atoms with Gasteiger partial charge in [-0.2, -0.15) is 0 Å². The van der Waals surface area contributed by atoms with Crippen molar-refractivity contribution in [3.05, 3.63) is 30.3 Å². The third-order valence-electron chi connectivity index (χ3n) is 2.12. The molecule has 1 aromatic carbocycles. The zero-order valence-corrected chi connectivity index (χ0v) is 7.63. The van der Waals surface area contributed by atoms with Gasteiger partial charge in [0, 0.05) is 16.8 Å². The van der Waals surface area contributed by atoms with Crippen molar-refractivity contribution in [2.24, 2.45) is 5.92 Å². The number of aliphatic hydroxyl groups is 1. The summed E-state index contributed by atoms with van der Waals surface area (Å²) in [6.07, 6.45) is 1.18. The zero-order valence-electron chi connectivity index (χ0n) is 6.81. The van der Waals surface area contributed by atoms with Gasteiger partial charge < -0.3 is 5.11 Å². The summed E-state index contributed by atoms with van der Waals surface area (Å²) in [4.78, 5) is 1.32. The molecule has 12 heavy (non-hydrogen) atoms. The molecule has 1 saturated carbocycles. The Hall–Kier alpha value is -0.470. The van der Waals surface area contributed by atoms with E-state index in [-0.39, 0.29) is 0 Å². The fourth-order valence-electron chi connectivity index (χ4n) is 1.23. The predicted molar refractivity (Wildman–Crippen MR) is 51.3 cm³/mol. The maximum absolute atomic E-state index is 8.84. The minimum atomic E-state index is 0.352. The van der Waals surface area contributed by atoms with Gasteiger partial charge in [-0.05, 0) is 24.5 Å². The van der Waals surface area contributed by atoms with Gasteiger partial charge in [-0.3, -0.25) is 0 Å². The second-order valence-electron chi connectivity index (χ2n) is 3.15. The molecule has 0 spiro atoms. The van der Waals surface area contributed by atoms with Gasteiger partial charge in [0.05, 0.1) is 0 Å². The van der Waals surface area contributed by atoms with Crippen molar-refractivity contribution < 1.29 is 5.11 Å². The predicted octanol–water partition coefficient (Wildman–Crippen LogP) is 2.16. The molecule has 0 bridgehead atoms. The lowest BCUT2D eigenvalue weighted by atomic mass is 10.4. The molecule has 1 fully saturated rings. The van der Waals surface area contributed by atoms with E-state index in [2.05, 4.69) is 24.3 Å².